The quantitative estimate of drug-likeness (QED) is 0.784. The number of nitrogens with zero attached hydrogens (tertiary/aromatic N) is 1. The molecule has 4 nitrogen and oxygen atoms in total. The Balaban J connectivity index is 1.63. The number of carbonyl (C=O) groups is 2. The van der Waals surface area contributed by atoms with Gasteiger partial charge in [0.15, 0.2) is 0 Å². The number of carbonyl (C=O) groups excluding carboxylic acids is 2. The smallest absolute Gasteiger partial charge is 0.282 e. The molecule has 1 aliphatic carbocycles. The molecule has 5 heteroatoms. The first-order valence-corrected chi connectivity index (χ1v) is 10.8. The summed E-state index contributed by atoms with van der Waals surface area (Å²) in [5.41, 5.74) is 2.58. The number of thioether (sulfide) groups is 1. The fourth-order valence-electron chi connectivity index (χ4n) is 4.01. The van der Waals surface area contributed by atoms with E-state index in [4.69, 9.17) is 0 Å². The molecule has 2 aliphatic rings. The van der Waals surface area contributed by atoms with Crippen LogP contribution in [0.15, 0.2) is 24.3 Å². The molecule has 1 heterocycles. The SMILES string of the molecule is CC(C)C(NC(=O)CN1CCSC1=O)c1ccc(C2CCCCC2)cc1. The lowest BCUT2D eigenvalue weighted by atomic mass is 9.83. The monoisotopic (exact) mass is 374 g/mol. The van der Waals surface area contributed by atoms with Crippen LogP contribution in [0.4, 0.5) is 4.79 Å². The Kier molecular flexibility index (Phi) is 6.63. The molecule has 1 saturated carbocycles. The maximum atomic E-state index is 12.4. The van der Waals surface area contributed by atoms with Crippen LogP contribution >= 0.6 is 11.8 Å². The minimum atomic E-state index is -0.0732. The van der Waals surface area contributed by atoms with Crippen LogP contribution in [0, 0.1) is 5.92 Å². The topological polar surface area (TPSA) is 49.4 Å². The van der Waals surface area contributed by atoms with Crippen molar-refractivity contribution >= 4 is 22.9 Å². The number of amides is 2. The van der Waals surface area contributed by atoms with Crippen LogP contribution in [0.2, 0.25) is 0 Å². The predicted octanol–water partition coefficient (Wildman–Crippen LogP) is 4.72. The van der Waals surface area contributed by atoms with Gasteiger partial charge in [-0.25, -0.2) is 0 Å². The number of benzene rings is 1. The van der Waals surface area contributed by atoms with Crippen molar-refractivity contribution in [3.8, 4) is 0 Å². The average Bonchev–Trinajstić information content (AvgIpc) is 3.05. The normalized spacial score (nSPS) is 19.8. The van der Waals surface area contributed by atoms with Gasteiger partial charge in [-0.15, -0.1) is 0 Å². The summed E-state index contributed by atoms with van der Waals surface area (Å²) in [5.74, 6) is 1.70. The predicted molar refractivity (Wildman–Crippen MR) is 107 cm³/mol. The van der Waals surface area contributed by atoms with E-state index in [2.05, 4.69) is 43.4 Å². The van der Waals surface area contributed by atoms with Gasteiger partial charge < -0.3 is 10.2 Å². The van der Waals surface area contributed by atoms with Crippen LogP contribution in [-0.4, -0.2) is 34.9 Å². The molecule has 0 bridgehead atoms. The van der Waals surface area contributed by atoms with E-state index < -0.39 is 0 Å². The van der Waals surface area contributed by atoms with Gasteiger partial charge in [0.1, 0.15) is 6.54 Å². The van der Waals surface area contributed by atoms with Crippen LogP contribution in [0.5, 0.6) is 0 Å². The van der Waals surface area contributed by atoms with Crippen LogP contribution < -0.4 is 5.32 Å². The Hall–Kier alpha value is -1.49. The molecule has 0 spiro atoms. The van der Waals surface area contributed by atoms with Crippen molar-refractivity contribution in [3.05, 3.63) is 35.4 Å². The first-order chi connectivity index (χ1) is 12.5. The summed E-state index contributed by atoms with van der Waals surface area (Å²) >= 11 is 1.29. The van der Waals surface area contributed by atoms with Gasteiger partial charge in [-0.1, -0.05) is 69.1 Å². The van der Waals surface area contributed by atoms with E-state index in [-0.39, 0.29) is 23.7 Å². The van der Waals surface area contributed by atoms with Crippen LogP contribution in [-0.2, 0) is 4.79 Å². The molecule has 3 rings (SSSR count). The van der Waals surface area contributed by atoms with E-state index >= 15 is 0 Å². The molecule has 0 radical (unpaired) electrons. The van der Waals surface area contributed by atoms with E-state index in [0.29, 0.717) is 18.4 Å². The highest BCUT2D eigenvalue weighted by Gasteiger charge is 2.25. The second-order valence-electron chi connectivity index (χ2n) is 7.83. The zero-order valence-electron chi connectivity index (χ0n) is 15.9. The van der Waals surface area contributed by atoms with Gasteiger partial charge >= 0.3 is 0 Å². The van der Waals surface area contributed by atoms with Crippen molar-refractivity contribution in [1.82, 2.24) is 10.2 Å². The lowest BCUT2D eigenvalue weighted by Gasteiger charge is -2.26. The first kappa shape index (κ1) is 19.3. The summed E-state index contributed by atoms with van der Waals surface area (Å²) in [6.07, 6.45) is 6.64. The summed E-state index contributed by atoms with van der Waals surface area (Å²) in [4.78, 5) is 25.8. The lowest BCUT2D eigenvalue weighted by Crippen LogP contribution is -2.40. The summed E-state index contributed by atoms with van der Waals surface area (Å²) in [6, 6.07) is 8.81. The van der Waals surface area contributed by atoms with Crippen molar-refractivity contribution in [2.24, 2.45) is 5.92 Å². The number of nitrogens with one attached hydrogen (secondary N) is 1. The Morgan fingerprint density at radius 1 is 1.19 bits per heavy atom. The van der Waals surface area contributed by atoms with Crippen molar-refractivity contribution in [2.75, 3.05) is 18.8 Å². The van der Waals surface area contributed by atoms with E-state index in [9.17, 15) is 9.59 Å². The standard InChI is InChI=1S/C21H30N2O2S/c1-15(2)20(22-19(24)14-23-12-13-26-21(23)25)18-10-8-17(9-11-18)16-6-4-3-5-7-16/h8-11,15-16,20H,3-7,12-14H2,1-2H3,(H,22,24). The minimum absolute atomic E-state index is 0.0121. The molecule has 2 amide bonds. The molecule has 1 aromatic carbocycles. The van der Waals surface area contributed by atoms with Crippen molar-refractivity contribution in [3.63, 3.8) is 0 Å². The molecule has 26 heavy (non-hydrogen) atoms. The van der Waals surface area contributed by atoms with E-state index in [1.807, 2.05) is 0 Å². The summed E-state index contributed by atoms with van der Waals surface area (Å²) in [5, 5.41) is 3.15. The maximum absolute atomic E-state index is 12.4. The van der Waals surface area contributed by atoms with E-state index in [1.165, 1.54) is 49.4 Å². The van der Waals surface area contributed by atoms with Crippen LogP contribution in [0.25, 0.3) is 0 Å². The Morgan fingerprint density at radius 3 is 2.46 bits per heavy atom. The van der Waals surface area contributed by atoms with Crippen LogP contribution in [0.3, 0.4) is 0 Å². The van der Waals surface area contributed by atoms with Gasteiger partial charge in [0, 0.05) is 12.3 Å². The van der Waals surface area contributed by atoms with Gasteiger partial charge in [-0.05, 0) is 35.8 Å². The second kappa shape index (κ2) is 8.94. The molecule has 1 aliphatic heterocycles. The van der Waals surface area contributed by atoms with Gasteiger partial charge in [0.25, 0.3) is 5.24 Å². The number of hydrogen-bond donors (Lipinski definition) is 1. The third kappa shape index (κ3) is 4.81. The Morgan fingerprint density at radius 2 is 1.88 bits per heavy atom. The van der Waals surface area contributed by atoms with Crippen LogP contribution in [0.1, 0.15) is 69.0 Å². The lowest BCUT2D eigenvalue weighted by molar-refractivity contribution is -0.122. The third-order valence-corrected chi connectivity index (χ3v) is 6.43. The van der Waals surface area contributed by atoms with Gasteiger partial charge in [-0.3, -0.25) is 9.59 Å². The molecule has 2 fully saturated rings. The highest BCUT2D eigenvalue weighted by molar-refractivity contribution is 8.13. The second-order valence-corrected chi connectivity index (χ2v) is 8.87. The van der Waals surface area contributed by atoms with E-state index in [0.717, 1.165) is 11.3 Å². The van der Waals surface area contributed by atoms with Gasteiger partial charge in [0.05, 0.1) is 6.04 Å². The fourth-order valence-corrected chi connectivity index (χ4v) is 4.83. The highest BCUT2D eigenvalue weighted by Crippen LogP contribution is 2.33. The van der Waals surface area contributed by atoms with Gasteiger partial charge in [0.2, 0.25) is 5.91 Å². The minimum Gasteiger partial charge on any atom is -0.347 e. The maximum Gasteiger partial charge on any atom is 0.282 e. The molecule has 1 N–H and O–H groups in total. The molecular weight excluding hydrogens is 344 g/mol. The molecule has 0 aromatic heterocycles. The number of rotatable bonds is 6. The van der Waals surface area contributed by atoms with Crippen molar-refractivity contribution in [1.29, 1.82) is 0 Å². The molecule has 1 atom stereocenters. The molecule has 1 unspecified atom stereocenters. The molecule has 1 saturated heterocycles. The fraction of sp³-hybridized carbons (Fsp3) is 0.619. The highest BCUT2D eigenvalue weighted by atomic mass is 32.2. The number of hydrogen-bond acceptors (Lipinski definition) is 3. The summed E-state index contributed by atoms with van der Waals surface area (Å²) in [6.45, 7) is 5.07. The molecular formula is C21H30N2O2S. The molecule has 142 valence electrons. The zero-order chi connectivity index (χ0) is 18.5. The third-order valence-electron chi connectivity index (χ3n) is 5.53. The van der Waals surface area contributed by atoms with Crippen molar-refractivity contribution in [2.45, 2.75) is 57.9 Å². The summed E-state index contributed by atoms with van der Waals surface area (Å²) in [7, 11) is 0. The summed E-state index contributed by atoms with van der Waals surface area (Å²) < 4.78 is 0. The van der Waals surface area contributed by atoms with Crippen molar-refractivity contribution < 1.29 is 9.59 Å². The Labute approximate surface area is 161 Å². The Bertz CT molecular complexity index is 623. The zero-order valence-corrected chi connectivity index (χ0v) is 16.7. The largest absolute Gasteiger partial charge is 0.347 e. The van der Waals surface area contributed by atoms with E-state index in [1.54, 1.807) is 4.90 Å². The first-order valence-electron chi connectivity index (χ1n) is 9.85. The van der Waals surface area contributed by atoms with Gasteiger partial charge in [-0.2, -0.15) is 0 Å². The average molecular weight is 375 g/mol. The molecule has 1 aromatic rings.